The number of aromatic amines is 1. The summed E-state index contributed by atoms with van der Waals surface area (Å²) in [6, 6.07) is 0.274. The molecule has 1 unspecified atom stereocenters. The van der Waals surface area contributed by atoms with Crippen LogP contribution in [0.25, 0.3) is 0 Å². The van der Waals surface area contributed by atoms with Crippen molar-refractivity contribution in [2.45, 2.75) is 39.7 Å². The van der Waals surface area contributed by atoms with Crippen LogP contribution in [-0.2, 0) is 0 Å². The summed E-state index contributed by atoms with van der Waals surface area (Å²) in [5.74, 6) is 0.565. The first-order chi connectivity index (χ1) is 7.60. The lowest BCUT2D eigenvalue weighted by Crippen LogP contribution is -2.26. The highest BCUT2D eigenvalue weighted by molar-refractivity contribution is 6.32. The van der Waals surface area contributed by atoms with Gasteiger partial charge in [-0.3, -0.25) is 4.79 Å². The maximum Gasteiger partial charge on any atom is 0.285 e. The Hall–Kier alpha value is -1.03. The Morgan fingerprint density at radius 2 is 2.12 bits per heavy atom. The van der Waals surface area contributed by atoms with Gasteiger partial charge < -0.3 is 5.32 Å². The number of aromatic nitrogens is 2. The van der Waals surface area contributed by atoms with Gasteiger partial charge in [-0.1, -0.05) is 38.3 Å². The van der Waals surface area contributed by atoms with E-state index in [1.54, 1.807) is 6.20 Å². The lowest BCUT2D eigenvalue weighted by Gasteiger charge is -2.23. The third-order valence-electron chi connectivity index (χ3n) is 2.93. The number of hydrogen-bond acceptors (Lipinski definition) is 3. The number of hydrogen-bond donors (Lipinski definition) is 2. The molecular formula is C11H18ClN3O. The standard InChI is InChI=1S/C11H18ClN3O/c1-4-8(5-2)7(3)14-9-6-13-15-11(16)10(9)12/h6-8H,4-5H2,1-3H3,(H2,14,15,16). The molecule has 0 spiro atoms. The Kier molecular flexibility index (Phi) is 4.80. The minimum Gasteiger partial charge on any atom is -0.380 e. The van der Waals surface area contributed by atoms with Crippen molar-refractivity contribution in [1.29, 1.82) is 0 Å². The fourth-order valence-electron chi connectivity index (χ4n) is 1.84. The molecule has 0 aliphatic heterocycles. The van der Waals surface area contributed by atoms with Crippen molar-refractivity contribution in [2.24, 2.45) is 5.92 Å². The summed E-state index contributed by atoms with van der Waals surface area (Å²) in [6.45, 7) is 6.41. The molecule has 0 aliphatic rings. The molecule has 0 bridgehead atoms. The molecule has 5 heteroatoms. The van der Waals surface area contributed by atoms with Gasteiger partial charge in [-0.05, 0) is 12.8 Å². The van der Waals surface area contributed by atoms with Gasteiger partial charge in [-0.2, -0.15) is 5.10 Å². The highest BCUT2D eigenvalue weighted by atomic mass is 35.5. The van der Waals surface area contributed by atoms with E-state index in [2.05, 4.69) is 36.3 Å². The molecule has 0 amide bonds. The summed E-state index contributed by atoms with van der Waals surface area (Å²) < 4.78 is 0. The first-order valence-corrected chi connectivity index (χ1v) is 5.97. The summed E-state index contributed by atoms with van der Waals surface area (Å²) in [5.41, 5.74) is 0.244. The normalized spacial score (nSPS) is 12.8. The van der Waals surface area contributed by atoms with Crippen molar-refractivity contribution >= 4 is 17.3 Å². The van der Waals surface area contributed by atoms with Crippen LogP contribution in [0.5, 0.6) is 0 Å². The van der Waals surface area contributed by atoms with Crippen LogP contribution in [0.4, 0.5) is 5.69 Å². The Bertz CT molecular complexity index is 387. The number of nitrogens with zero attached hydrogens (tertiary/aromatic N) is 1. The topological polar surface area (TPSA) is 57.8 Å². The van der Waals surface area contributed by atoms with Gasteiger partial charge in [0.1, 0.15) is 5.02 Å². The van der Waals surface area contributed by atoms with E-state index in [4.69, 9.17) is 11.6 Å². The number of nitrogens with one attached hydrogen (secondary N) is 2. The highest BCUT2D eigenvalue weighted by Crippen LogP contribution is 2.20. The van der Waals surface area contributed by atoms with E-state index in [1.807, 2.05) is 0 Å². The van der Waals surface area contributed by atoms with Gasteiger partial charge in [-0.15, -0.1) is 0 Å². The molecule has 0 saturated carbocycles. The second-order valence-electron chi connectivity index (χ2n) is 3.94. The minimum absolute atomic E-state index is 0.174. The zero-order valence-electron chi connectivity index (χ0n) is 9.88. The van der Waals surface area contributed by atoms with E-state index < -0.39 is 0 Å². The van der Waals surface area contributed by atoms with Crippen molar-refractivity contribution in [1.82, 2.24) is 10.2 Å². The summed E-state index contributed by atoms with van der Waals surface area (Å²) in [5, 5.41) is 9.43. The van der Waals surface area contributed by atoms with Crippen LogP contribution in [-0.4, -0.2) is 16.2 Å². The van der Waals surface area contributed by atoms with Crippen molar-refractivity contribution in [3.05, 3.63) is 21.6 Å². The molecule has 0 fully saturated rings. The molecule has 1 rings (SSSR count). The van der Waals surface area contributed by atoms with Gasteiger partial charge in [0.15, 0.2) is 0 Å². The number of H-pyrrole nitrogens is 1. The molecule has 90 valence electrons. The van der Waals surface area contributed by atoms with Gasteiger partial charge in [0.2, 0.25) is 0 Å². The molecule has 1 heterocycles. The van der Waals surface area contributed by atoms with E-state index in [1.165, 1.54) is 0 Å². The average Bonchev–Trinajstić information content (AvgIpc) is 2.26. The van der Waals surface area contributed by atoms with Crippen molar-refractivity contribution in [3.63, 3.8) is 0 Å². The maximum absolute atomic E-state index is 11.2. The van der Waals surface area contributed by atoms with Gasteiger partial charge in [-0.25, -0.2) is 5.10 Å². The van der Waals surface area contributed by atoms with Crippen LogP contribution in [0.15, 0.2) is 11.0 Å². The lowest BCUT2D eigenvalue weighted by atomic mass is 9.95. The lowest BCUT2D eigenvalue weighted by molar-refractivity contribution is 0.437. The highest BCUT2D eigenvalue weighted by Gasteiger charge is 2.15. The number of anilines is 1. The van der Waals surface area contributed by atoms with E-state index >= 15 is 0 Å². The van der Waals surface area contributed by atoms with Crippen LogP contribution in [0, 0.1) is 5.92 Å². The van der Waals surface area contributed by atoms with Crippen molar-refractivity contribution in [2.75, 3.05) is 5.32 Å². The van der Waals surface area contributed by atoms with Gasteiger partial charge >= 0.3 is 0 Å². The molecule has 16 heavy (non-hydrogen) atoms. The Labute approximate surface area is 100 Å². The van der Waals surface area contributed by atoms with Crippen LogP contribution < -0.4 is 10.9 Å². The summed E-state index contributed by atoms with van der Waals surface area (Å²) in [6.07, 6.45) is 3.74. The Morgan fingerprint density at radius 3 is 2.69 bits per heavy atom. The minimum atomic E-state index is -0.358. The molecular weight excluding hydrogens is 226 g/mol. The molecule has 0 radical (unpaired) electrons. The molecule has 2 N–H and O–H groups in total. The van der Waals surface area contributed by atoms with Gasteiger partial charge in [0.05, 0.1) is 11.9 Å². The van der Waals surface area contributed by atoms with E-state index in [0.29, 0.717) is 11.6 Å². The monoisotopic (exact) mass is 243 g/mol. The molecule has 0 aromatic carbocycles. The maximum atomic E-state index is 11.2. The quantitative estimate of drug-likeness (QED) is 0.836. The Morgan fingerprint density at radius 1 is 1.50 bits per heavy atom. The van der Waals surface area contributed by atoms with Gasteiger partial charge in [0, 0.05) is 6.04 Å². The van der Waals surface area contributed by atoms with Crippen molar-refractivity contribution < 1.29 is 0 Å². The molecule has 1 aromatic rings. The SMILES string of the molecule is CCC(CC)C(C)Nc1cn[nH]c(=O)c1Cl. The predicted molar refractivity (Wildman–Crippen MR) is 67.0 cm³/mol. The van der Waals surface area contributed by atoms with E-state index in [9.17, 15) is 4.79 Å². The van der Waals surface area contributed by atoms with E-state index in [0.717, 1.165) is 12.8 Å². The zero-order valence-corrected chi connectivity index (χ0v) is 10.6. The molecule has 0 aliphatic carbocycles. The molecule has 1 atom stereocenters. The Balaban J connectivity index is 2.80. The van der Waals surface area contributed by atoms with Crippen molar-refractivity contribution in [3.8, 4) is 0 Å². The fourth-order valence-corrected chi connectivity index (χ4v) is 1.99. The summed E-state index contributed by atoms with van der Waals surface area (Å²) >= 11 is 5.88. The smallest absolute Gasteiger partial charge is 0.285 e. The summed E-state index contributed by atoms with van der Waals surface area (Å²) in [4.78, 5) is 11.2. The molecule has 1 aromatic heterocycles. The van der Waals surface area contributed by atoms with Gasteiger partial charge in [0.25, 0.3) is 5.56 Å². The van der Waals surface area contributed by atoms with Crippen LogP contribution in [0.2, 0.25) is 5.02 Å². The third-order valence-corrected chi connectivity index (χ3v) is 3.31. The predicted octanol–water partition coefficient (Wildman–Crippen LogP) is 2.66. The third kappa shape index (κ3) is 2.98. The van der Waals surface area contributed by atoms with E-state index in [-0.39, 0.29) is 16.6 Å². The average molecular weight is 244 g/mol. The van der Waals surface area contributed by atoms with Crippen LogP contribution in [0.3, 0.4) is 0 Å². The summed E-state index contributed by atoms with van der Waals surface area (Å²) in [7, 11) is 0. The zero-order chi connectivity index (χ0) is 12.1. The second kappa shape index (κ2) is 5.89. The first kappa shape index (κ1) is 13.0. The fraction of sp³-hybridized carbons (Fsp3) is 0.636. The number of halogens is 1. The van der Waals surface area contributed by atoms with Crippen LogP contribution in [0.1, 0.15) is 33.6 Å². The van der Waals surface area contributed by atoms with Crippen LogP contribution >= 0.6 is 11.6 Å². The second-order valence-corrected chi connectivity index (χ2v) is 4.31. The first-order valence-electron chi connectivity index (χ1n) is 5.59. The largest absolute Gasteiger partial charge is 0.380 e. The molecule has 0 saturated heterocycles. The molecule has 4 nitrogen and oxygen atoms in total. The number of rotatable bonds is 5.